The molecule has 0 atom stereocenters. The quantitative estimate of drug-likeness (QED) is 0.292. The summed E-state index contributed by atoms with van der Waals surface area (Å²) in [6, 6.07) is 0. The SMILES string of the molecule is CCNC(=NCCCCC(C)(C)C)NCCOC.I. The number of ether oxygens (including phenoxy) is 1. The van der Waals surface area contributed by atoms with Gasteiger partial charge in [0.2, 0.25) is 0 Å². The lowest BCUT2D eigenvalue weighted by atomic mass is 9.90. The van der Waals surface area contributed by atoms with Gasteiger partial charge < -0.3 is 15.4 Å². The van der Waals surface area contributed by atoms with Crippen molar-refractivity contribution in [1.82, 2.24) is 10.6 Å². The maximum Gasteiger partial charge on any atom is 0.191 e. The van der Waals surface area contributed by atoms with E-state index >= 15 is 0 Å². The van der Waals surface area contributed by atoms with Crippen LogP contribution in [-0.2, 0) is 4.74 Å². The molecule has 0 saturated heterocycles. The zero-order valence-electron chi connectivity index (χ0n) is 13.2. The molecule has 0 aliphatic carbocycles. The molecule has 0 saturated carbocycles. The van der Waals surface area contributed by atoms with Gasteiger partial charge in [0, 0.05) is 26.7 Å². The van der Waals surface area contributed by atoms with E-state index in [0.717, 1.165) is 32.0 Å². The molecule has 0 fully saturated rings. The first kappa shape index (κ1) is 21.3. The third-order valence-corrected chi connectivity index (χ3v) is 2.55. The predicted octanol–water partition coefficient (Wildman–Crippen LogP) is 3.02. The first-order valence-electron chi connectivity index (χ1n) is 7.00. The third-order valence-electron chi connectivity index (χ3n) is 2.55. The van der Waals surface area contributed by atoms with Crippen LogP contribution in [0.3, 0.4) is 0 Å². The van der Waals surface area contributed by atoms with Crippen molar-refractivity contribution in [3.63, 3.8) is 0 Å². The van der Waals surface area contributed by atoms with Crippen LogP contribution in [0.2, 0.25) is 0 Å². The van der Waals surface area contributed by atoms with Crippen LogP contribution >= 0.6 is 24.0 Å². The van der Waals surface area contributed by atoms with E-state index in [4.69, 9.17) is 4.74 Å². The molecule has 0 aromatic carbocycles. The van der Waals surface area contributed by atoms with Crippen LogP contribution in [0.5, 0.6) is 0 Å². The molecular weight excluding hydrogens is 353 g/mol. The first-order chi connectivity index (χ1) is 8.49. The minimum atomic E-state index is 0. The average molecular weight is 385 g/mol. The number of unbranched alkanes of at least 4 members (excludes halogenated alkanes) is 1. The van der Waals surface area contributed by atoms with Gasteiger partial charge in [0.05, 0.1) is 6.61 Å². The van der Waals surface area contributed by atoms with Crippen molar-refractivity contribution in [2.75, 3.05) is 33.4 Å². The highest BCUT2D eigenvalue weighted by atomic mass is 127. The van der Waals surface area contributed by atoms with Crippen molar-refractivity contribution < 1.29 is 4.74 Å². The Balaban J connectivity index is 0. The number of hydrogen-bond donors (Lipinski definition) is 2. The van der Waals surface area contributed by atoms with E-state index in [1.165, 1.54) is 12.8 Å². The lowest BCUT2D eigenvalue weighted by Crippen LogP contribution is -2.39. The normalized spacial score (nSPS) is 11.9. The fourth-order valence-corrected chi connectivity index (χ4v) is 1.57. The molecule has 4 nitrogen and oxygen atoms in total. The molecule has 0 radical (unpaired) electrons. The van der Waals surface area contributed by atoms with Gasteiger partial charge in [-0.1, -0.05) is 27.2 Å². The summed E-state index contributed by atoms with van der Waals surface area (Å²) in [5, 5.41) is 6.47. The van der Waals surface area contributed by atoms with Crippen LogP contribution in [0, 0.1) is 5.41 Å². The van der Waals surface area contributed by atoms with Gasteiger partial charge in [-0.15, -0.1) is 24.0 Å². The number of halogens is 1. The molecule has 0 amide bonds. The molecule has 0 bridgehead atoms. The molecule has 0 unspecified atom stereocenters. The van der Waals surface area contributed by atoms with Crippen molar-refractivity contribution in [2.24, 2.45) is 10.4 Å². The number of nitrogens with zero attached hydrogens (tertiary/aromatic N) is 1. The number of guanidine groups is 1. The lowest BCUT2D eigenvalue weighted by molar-refractivity contribution is 0.203. The van der Waals surface area contributed by atoms with Gasteiger partial charge in [-0.25, -0.2) is 0 Å². The van der Waals surface area contributed by atoms with Gasteiger partial charge in [-0.2, -0.15) is 0 Å². The monoisotopic (exact) mass is 385 g/mol. The van der Waals surface area contributed by atoms with Crippen LogP contribution in [0.15, 0.2) is 4.99 Å². The van der Waals surface area contributed by atoms with Crippen molar-refractivity contribution in [3.05, 3.63) is 0 Å². The topological polar surface area (TPSA) is 45.7 Å². The number of hydrogen-bond acceptors (Lipinski definition) is 2. The Morgan fingerprint density at radius 1 is 1.16 bits per heavy atom. The second-order valence-corrected chi connectivity index (χ2v) is 5.70. The van der Waals surface area contributed by atoms with E-state index in [1.54, 1.807) is 7.11 Å². The molecule has 116 valence electrons. The van der Waals surface area contributed by atoms with E-state index in [9.17, 15) is 0 Å². The summed E-state index contributed by atoms with van der Waals surface area (Å²) in [7, 11) is 1.71. The molecule has 19 heavy (non-hydrogen) atoms. The minimum Gasteiger partial charge on any atom is -0.383 e. The van der Waals surface area contributed by atoms with Crippen molar-refractivity contribution in [2.45, 2.75) is 47.0 Å². The Bertz CT molecular complexity index is 227. The number of rotatable bonds is 8. The largest absolute Gasteiger partial charge is 0.383 e. The Kier molecular flexibility index (Phi) is 14.5. The van der Waals surface area contributed by atoms with E-state index in [2.05, 4.69) is 43.3 Å². The van der Waals surface area contributed by atoms with Gasteiger partial charge >= 0.3 is 0 Å². The Labute approximate surface area is 136 Å². The maximum absolute atomic E-state index is 5.01. The number of nitrogens with one attached hydrogen (secondary N) is 2. The Morgan fingerprint density at radius 2 is 1.84 bits per heavy atom. The zero-order valence-corrected chi connectivity index (χ0v) is 15.5. The second-order valence-electron chi connectivity index (χ2n) is 5.70. The molecule has 5 heteroatoms. The van der Waals surface area contributed by atoms with Gasteiger partial charge in [0.1, 0.15) is 0 Å². The summed E-state index contributed by atoms with van der Waals surface area (Å²) >= 11 is 0. The third kappa shape index (κ3) is 15.9. The molecule has 0 rings (SSSR count). The summed E-state index contributed by atoms with van der Waals surface area (Å²) in [4.78, 5) is 4.54. The summed E-state index contributed by atoms with van der Waals surface area (Å²) in [6.45, 7) is 12.2. The minimum absolute atomic E-state index is 0. The molecule has 0 spiro atoms. The number of aliphatic imine (C=N–C) groups is 1. The molecule has 0 heterocycles. The smallest absolute Gasteiger partial charge is 0.191 e. The van der Waals surface area contributed by atoms with Gasteiger partial charge in [-0.05, 0) is 25.2 Å². The van der Waals surface area contributed by atoms with E-state index in [1.807, 2.05) is 0 Å². The van der Waals surface area contributed by atoms with Gasteiger partial charge in [0.25, 0.3) is 0 Å². The second kappa shape index (κ2) is 13.0. The molecule has 0 aromatic heterocycles. The molecule has 0 aromatic rings. The van der Waals surface area contributed by atoms with E-state index in [0.29, 0.717) is 12.0 Å². The fraction of sp³-hybridized carbons (Fsp3) is 0.929. The highest BCUT2D eigenvalue weighted by Crippen LogP contribution is 2.21. The van der Waals surface area contributed by atoms with Crippen LogP contribution < -0.4 is 10.6 Å². The lowest BCUT2D eigenvalue weighted by Gasteiger charge is -2.17. The summed E-state index contributed by atoms with van der Waals surface area (Å²) in [6.07, 6.45) is 3.65. The van der Waals surface area contributed by atoms with Crippen molar-refractivity contribution >= 4 is 29.9 Å². The Morgan fingerprint density at radius 3 is 2.37 bits per heavy atom. The highest BCUT2D eigenvalue weighted by molar-refractivity contribution is 14.0. The summed E-state index contributed by atoms with van der Waals surface area (Å²) in [5.41, 5.74) is 0.435. The first-order valence-corrected chi connectivity index (χ1v) is 7.00. The van der Waals surface area contributed by atoms with E-state index < -0.39 is 0 Å². The summed E-state index contributed by atoms with van der Waals surface area (Å²) in [5.74, 6) is 0.894. The van der Waals surface area contributed by atoms with Crippen LogP contribution in [0.1, 0.15) is 47.0 Å². The average Bonchev–Trinajstić information content (AvgIpc) is 2.27. The Hall–Kier alpha value is -0.0400. The van der Waals surface area contributed by atoms with Crippen molar-refractivity contribution in [1.29, 1.82) is 0 Å². The maximum atomic E-state index is 5.01. The molecule has 0 aliphatic rings. The highest BCUT2D eigenvalue weighted by Gasteiger charge is 2.08. The molecule has 2 N–H and O–H groups in total. The van der Waals surface area contributed by atoms with Crippen LogP contribution in [0.4, 0.5) is 0 Å². The van der Waals surface area contributed by atoms with Gasteiger partial charge in [-0.3, -0.25) is 4.99 Å². The van der Waals surface area contributed by atoms with Gasteiger partial charge in [0.15, 0.2) is 5.96 Å². The molecular formula is C14H32IN3O. The zero-order chi connectivity index (χ0) is 13.9. The van der Waals surface area contributed by atoms with E-state index in [-0.39, 0.29) is 24.0 Å². The number of methoxy groups -OCH3 is 1. The van der Waals surface area contributed by atoms with Crippen LogP contribution in [-0.4, -0.2) is 39.3 Å². The summed E-state index contributed by atoms with van der Waals surface area (Å²) < 4.78 is 5.01. The van der Waals surface area contributed by atoms with Crippen molar-refractivity contribution in [3.8, 4) is 0 Å². The van der Waals surface area contributed by atoms with Crippen LogP contribution in [0.25, 0.3) is 0 Å². The fourth-order valence-electron chi connectivity index (χ4n) is 1.57. The predicted molar refractivity (Wildman–Crippen MR) is 94.6 cm³/mol. The standard InChI is InChI=1S/C14H31N3O.HI/c1-6-15-13(17-11-12-18-5)16-10-8-7-9-14(2,3)4;/h6-12H2,1-5H3,(H2,15,16,17);1H. The molecule has 0 aliphatic heterocycles.